The van der Waals surface area contributed by atoms with Crippen LogP contribution >= 0.6 is 27.3 Å². The van der Waals surface area contributed by atoms with E-state index >= 15 is 0 Å². The third kappa shape index (κ3) is 4.20. The van der Waals surface area contributed by atoms with Crippen LogP contribution in [-0.2, 0) is 6.42 Å². The molecule has 2 aliphatic rings. The van der Waals surface area contributed by atoms with Gasteiger partial charge in [-0.2, -0.15) is 0 Å². The van der Waals surface area contributed by atoms with E-state index in [9.17, 15) is 14.7 Å². The Morgan fingerprint density at radius 3 is 2.67 bits per heavy atom. The van der Waals surface area contributed by atoms with Crippen LogP contribution in [0.25, 0.3) is 23.1 Å². The van der Waals surface area contributed by atoms with E-state index in [0.29, 0.717) is 26.4 Å². The lowest BCUT2D eigenvalue weighted by Gasteiger charge is -2.30. The smallest absolute Gasteiger partial charge is 0.335 e. The summed E-state index contributed by atoms with van der Waals surface area (Å²) in [6.45, 7) is 0. The van der Waals surface area contributed by atoms with E-state index in [-0.39, 0.29) is 17.2 Å². The highest BCUT2D eigenvalue weighted by atomic mass is 79.9. The highest BCUT2D eigenvalue weighted by Crippen LogP contribution is 2.41. The second kappa shape index (κ2) is 9.73. The summed E-state index contributed by atoms with van der Waals surface area (Å²) in [6, 6.07) is 26.4. The molecule has 0 radical (unpaired) electrons. The number of carbonyl (C=O) groups is 1. The van der Waals surface area contributed by atoms with E-state index < -0.39 is 5.97 Å². The zero-order valence-corrected chi connectivity index (χ0v) is 23.4. The number of aryl methyl sites for hydroxylation is 1. The van der Waals surface area contributed by atoms with Crippen LogP contribution in [0.1, 0.15) is 45.3 Å². The lowest BCUT2D eigenvalue weighted by Crippen LogP contribution is -2.38. The van der Waals surface area contributed by atoms with Crippen LogP contribution in [0, 0.1) is 0 Å². The molecule has 1 aliphatic carbocycles. The summed E-state index contributed by atoms with van der Waals surface area (Å²) >= 11 is 4.88. The maximum absolute atomic E-state index is 13.9. The average Bonchev–Trinajstić information content (AvgIpc) is 3.57. The Hall–Kier alpha value is -4.27. The number of carboxylic acids is 1. The van der Waals surface area contributed by atoms with Gasteiger partial charge in [-0.05, 0) is 65.9 Å². The lowest BCUT2D eigenvalue weighted by atomic mass is 9.83. The first-order valence-electron chi connectivity index (χ1n) is 12.8. The number of nitrogens with zero attached hydrogens (tertiary/aromatic N) is 2. The molecule has 7 rings (SSSR count). The Labute approximate surface area is 241 Å². The Balaban J connectivity index is 1.37. The van der Waals surface area contributed by atoms with E-state index in [0.717, 1.165) is 39.7 Å². The first kappa shape index (κ1) is 24.7. The summed E-state index contributed by atoms with van der Waals surface area (Å²) in [5.41, 5.74) is 6.27. The van der Waals surface area contributed by atoms with Crippen molar-refractivity contribution < 1.29 is 14.3 Å². The Morgan fingerprint density at radius 1 is 1.02 bits per heavy atom. The van der Waals surface area contributed by atoms with Gasteiger partial charge in [0, 0.05) is 21.7 Å². The highest BCUT2D eigenvalue weighted by Gasteiger charge is 2.32. The van der Waals surface area contributed by atoms with Crippen molar-refractivity contribution in [2.45, 2.75) is 18.9 Å². The Morgan fingerprint density at radius 2 is 1.85 bits per heavy atom. The van der Waals surface area contributed by atoms with Gasteiger partial charge in [0.05, 0.1) is 21.8 Å². The molecule has 1 N–H and O–H groups in total. The van der Waals surface area contributed by atoms with E-state index in [1.807, 2.05) is 22.8 Å². The minimum absolute atomic E-state index is 0.118. The molecule has 3 aromatic carbocycles. The van der Waals surface area contributed by atoms with Gasteiger partial charge in [-0.1, -0.05) is 75.8 Å². The summed E-state index contributed by atoms with van der Waals surface area (Å²) in [5, 5.41) is 9.33. The van der Waals surface area contributed by atoms with Crippen LogP contribution < -0.4 is 14.9 Å². The van der Waals surface area contributed by atoms with Gasteiger partial charge in [0.15, 0.2) is 4.80 Å². The van der Waals surface area contributed by atoms with E-state index in [2.05, 4.69) is 46.3 Å². The number of hydrogen-bond acceptors (Lipinski definition) is 5. The Kier molecular flexibility index (Phi) is 6.02. The van der Waals surface area contributed by atoms with E-state index in [4.69, 9.17) is 9.41 Å². The first-order chi connectivity index (χ1) is 19.5. The van der Waals surface area contributed by atoms with Crippen molar-refractivity contribution in [2.75, 3.05) is 0 Å². The van der Waals surface area contributed by atoms with Crippen LogP contribution in [0.2, 0.25) is 0 Å². The van der Waals surface area contributed by atoms with Gasteiger partial charge in [0.1, 0.15) is 11.5 Å². The second-order valence-electron chi connectivity index (χ2n) is 9.75. The average molecular weight is 610 g/mol. The maximum Gasteiger partial charge on any atom is 0.335 e. The summed E-state index contributed by atoms with van der Waals surface area (Å²) in [6.07, 6.45) is 3.47. The quantitative estimate of drug-likeness (QED) is 0.269. The van der Waals surface area contributed by atoms with Gasteiger partial charge in [0.2, 0.25) is 0 Å². The highest BCUT2D eigenvalue weighted by molar-refractivity contribution is 9.10. The van der Waals surface area contributed by atoms with Crippen LogP contribution in [-0.4, -0.2) is 15.6 Å². The van der Waals surface area contributed by atoms with Gasteiger partial charge in [-0.15, -0.1) is 0 Å². The molecule has 3 heterocycles. The minimum Gasteiger partial charge on any atom is -0.478 e. The number of halogens is 1. The van der Waals surface area contributed by atoms with Crippen LogP contribution in [0.4, 0.5) is 0 Å². The Bertz CT molecular complexity index is 2030. The van der Waals surface area contributed by atoms with Crippen molar-refractivity contribution in [1.29, 1.82) is 0 Å². The number of carboxylic acid groups (broad SMARTS) is 1. The number of aromatic nitrogens is 1. The van der Waals surface area contributed by atoms with Gasteiger partial charge in [0.25, 0.3) is 5.56 Å². The van der Waals surface area contributed by atoms with Crippen molar-refractivity contribution in [3.8, 4) is 11.3 Å². The fourth-order valence-corrected chi connectivity index (χ4v) is 6.73. The minimum atomic E-state index is -1.000. The number of rotatable bonds is 4. The summed E-state index contributed by atoms with van der Waals surface area (Å²) < 4.78 is 9.34. The third-order valence-electron chi connectivity index (χ3n) is 7.35. The number of allylic oxidation sites excluding steroid dienone is 1. The predicted octanol–water partition coefficient (Wildman–Crippen LogP) is 6.04. The van der Waals surface area contributed by atoms with E-state index in [1.54, 1.807) is 36.4 Å². The van der Waals surface area contributed by atoms with Crippen molar-refractivity contribution in [1.82, 2.24) is 4.57 Å². The second-order valence-corrected chi connectivity index (χ2v) is 11.7. The number of furan rings is 1. The predicted molar refractivity (Wildman–Crippen MR) is 158 cm³/mol. The molecule has 0 unspecified atom stereocenters. The van der Waals surface area contributed by atoms with Gasteiger partial charge < -0.3 is 9.52 Å². The zero-order chi connectivity index (χ0) is 27.4. The SMILES string of the molecule is O=C(O)c1cccc(-c2ccc(/C=c3/sc4n(c3=O)[C@@H](c3ccc(Br)cc3)C3=C(N=4)c4ccccc4CC3)o2)c1. The molecule has 1 atom stereocenters. The lowest BCUT2D eigenvalue weighted by molar-refractivity contribution is 0.0697. The molecule has 0 amide bonds. The summed E-state index contributed by atoms with van der Waals surface area (Å²) in [5.74, 6) is 0.0395. The molecule has 8 heteroatoms. The molecule has 2 aromatic heterocycles. The fraction of sp³-hybridized carbons (Fsp3) is 0.0938. The number of thiazole rings is 1. The van der Waals surface area contributed by atoms with Crippen LogP contribution in [0.3, 0.4) is 0 Å². The van der Waals surface area contributed by atoms with Crippen molar-refractivity contribution >= 4 is 45.0 Å². The van der Waals surface area contributed by atoms with Crippen molar-refractivity contribution in [3.63, 3.8) is 0 Å². The molecule has 0 saturated heterocycles. The molecule has 5 aromatic rings. The zero-order valence-electron chi connectivity index (χ0n) is 21.0. The molecule has 0 spiro atoms. The standard InChI is InChI=1S/C32H21BrN2O4S/c33-22-11-8-19(9-12-22)29-25-14-10-18-4-1-2-7-24(18)28(25)34-32-35(29)30(36)27(40-32)17-23-13-15-26(39-23)20-5-3-6-21(16-20)31(37)38/h1-9,11-13,15-17,29H,10,14H2,(H,37,38)/b27-17+/t29-/m0/s1. The van der Waals surface area contributed by atoms with E-state index in [1.165, 1.54) is 23.0 Å². The molecule has 40 heavy (non-hydrogen) atoms. The maximum atomic E-state index is 13.9. The third-order valence-corrected chi connectivity index (χ3v) is 8.86. The van der Waals surface area contributed by atoms with Crippen molar-refractivity contribution in [2.24, 2.45) is 4.99 Å². The first-order valence-corrected chi connectivity index (χ1v) is 14.4. The van der Waals surface area contributed by atoms with Crippen LogP contribution in [0.5, 0.6) is 0 Å². The normalized spacial score (nSPS) is 16.2. The fourth-order valence-electron chi connectivity index (χ4n) is 5.49. The largest absolute Gasteiger partial charge is 0.478 e. The summed E-state index contributed by atoms with van der Waals surface area (Å²) in [4.78, 5) is 31.0. The molecule has 0 fully saturated rings. The molecule has 0 saturated carbocycles. The number of fused-ring (bicyclic) bond motifs is 3. The molecule has 1 aliphatic heterocycles. The molecular formula is C32H21BrN2O4S. The van der Waals surface area contributed by atoms with Crippen molar-refractivity contribution in [3.05, 3.63) is 143 Å². The number of hydrogen-bond donors (Lipinski definition) is 1. The number of aromatic carboxylic acids is 1. The molecular weight excluding hydrogens is 588 g/mol. The topological polar surface area (TPSA) is 84.8 Å². The van der Waals surface area contributed by atoms with Gasteiger partial charge in [-0.3, -0.25) is 9.36 Å². The summed E-state index contributed by atoms with van der Waals surface area (Å²) in [7, 11) is 0. The monoisotopic (exact) mass is 608 g/mol. The van der Waals surface area contributed by atoms with Gasteiger partial charge in [-0.25, -0.2) is 9.79 Å². The van der Waals surface area contributed by atoms with Crippen LogP contribution in [0.15, 0.2) is 109 Å². The number of benzene rings is 3. The molecule has 6 nitrogen and oxygen atoms in total. The molecule has 0 bridgehead atoms. The molecule has 196 valence electrons. The van der Waals surface area contributed by atoms with Gasteiger partial charge >= 0.3 is 5.97 Å².